The summed E-state index contributed by atoms with van der Waals surface area (Å²) in [6.07, 6.45) is 5.01. The number of likely N-dealkylation sites (tertiary alicyclic amines) is 1. The standard InChI is InChI=1S/C23H29NO5/c1-23(2,3)29-22(27)24-11-9-15(10-12-24)5-6-17-13-16-7-8-18(21(26)28-4)14-19(16)20(17)25/h6-8,14-15H,5,9-13H2,1-4H3. The lowest BCUT2D eigenvalue weighted by Crippen LogP contribution is -2.41. The molecule has 0 spiro atoms. The molecule has 29 heavy (non-hydrogen) atoms. The zero-order valence-electron chi connectivity index (χ0n) is 17.6. The van der Waals surface area contributed by atoms with Gasteiger partial charge in [-0.3, -0.25) is 4.79 Å². The van der Waals surface area contributed by atoms with E-state index in [1.54, 1.807) is 17.0 Å². The van der Waals surface area contributed by atoms with Crippen LogP contribution in [0.5, 0.6) is 0 Å². The van der Waals surface area contributed by atoms with Crippen LogP contribution < -0.4 is 0 Å². The molecule has 0 saturated carbocycles. The van der Waals surface area contributed by atoms with E-state index >= 15 is 0 Å². The summed E-state index contributed by atoms with van der Waals surface area (Å²) in [5, 5.41) is 0. The molecule has 0 aromatic heterocycles. The summed E-state index contributed by atoms with van der Waals surface area (Å²) in [7, 11) is 1.33. The monoisotopic (exact) mass is 399 g/mol. The number of Topliss-reactive ketones (excluding diaryl/α,β-unsaturated/α-hetero) is 1. The lowest BCUT2D eigenvalue weighted by molar-refractivity contribution is 0.0185. The number of rotatable bonds is 3. The van der Waals surface area contributed by atoms with Crippen molar-refractivity contribution in [2.24, 2.45) is 5.92 Å². The fourth-order valence-electron chi connectivity index (χ4n) is 3.80. The van der Waals surface area contributed by atoms with Gasteiger partial charge in [0.2, 0.25) is 0 Å². The van der Waals surface area contributed by atoms with Crippen LogP contribution in [-0.2, 0) is 15.9 Å². The maximum Gasteiger partial charge on any atom is 0.410 e. The van der Waals surface area contributed by atoms with E-state index < -0.39 is 11.6 Å². The van der Waals surface area contributed by atoms with Crippen molar-refractivity contribution in [3.8, 4) is 0 Å². The zero-order chi connectivity index (χ0) is 21.2. The van der Waals surface area contributed by atoms with Gasteiger partial charge in [-0.25, -0.2) is 9.59 Å². The normalized spacial score (nSPS) is 18.7. The molecule has 1 amide bonds. The van der Waals surface area contributed by atoms with Crippen LogP contribution in [0.2, 0.25) is 0 Å². The van der Waals surface area contributed by atoms with E-state index in [4.69, 9.17) is 9.47 Å². The molecule has 6 heteroatoms. The SMILES string of the molecule is COC(=O)c1ccc2c(c1)C(=O)C(=CCC1CCN(C(=O)OC(C)(C)C)CC1)C2. The molecule has 1 aromatic carbocycles. The highest BCUT2D eigenvalue weighted by Gasteiger charge is 2.28. The summed E-state index contributed by atoms with van der Waals surface area (Å²) >= 11 is 0. The first-order chi connectivity index (χ1) is 13.7. The summed E-state index contributed by atoms with van der Waals surface area (Å²) in [6.45, 7) is 6.97. The molecule has 3 rings (SSSR count). The summed E-state index contributed by atoms with van der Waals surface area (Å²) in [6, 6.07) is 5.16. The molecule has 0 unspecified atom stereocenters. The Morgan fingerprint density at radius 3 is 2.52 bits per heavy atom. The second-order valence-electron chi connectivity index (χ2n) is 8.75. The fourth-order valence-corrected chi connectivity index (χ4v) is 3.80. The highest BCUT2D eigenvalue weighted by atomic mass is 16.6. The van der Waals surface area contributed by atoms with Gasteiger partial charge in [-0.2, -0.15) is 0 Å². The van der Waals surface area contributed by atoms with Crippen molar-refractivity contribution < 1.29 is 23.9 Å². The smallest absolute Gasteiger partial charge is 0.410 e. The van der Waals surface area contributed by atoms with Crippen LogP contribution in [0.25, 0.3) is 0 Å². The number of carbonyl (C=O) groups excluding carboxylic acids is 3. The first-order valence-corrected chi connectivity index (χ1v) is 10.1. The van der Waals surface area contributed by atoms with Crippen molar-refractivity contribution >= 4 is 17.8 Å². The molecule has 0 bridgehead atoms. The highest BCUT2D eigenvalue weighted by Crippen LogP contribution is 2.30. The predicted molar refractivity (Wildman–Crippen MR) is 109 cm³/mol. The molecule has 1 aliphatic heterocycles. The number of ketones is 1. The van der Waals surface area contributed by atoms with Crippen LogP contribution in [0.4, 0.5) is 4.79 Å². The molecule has 0 radical (unpaired) electrons. The molecule has 1 fully saturated rings. The van der Waals surface area contributed by atoms with E-state index in [1.807, 2.05) is 32.9 Å². The molecule has 2 aliphatic rings. The van der Waals surface area contributed by atoms with Crippen LogP contribution >= 0.6 is 0 Å². The number of methoxy groups -OCH3 is 1. The van der Waals surface area contributed by atoms with Gasteiger partial charge >= 0.3 is 12.1 Å². The van der Waals surface area contributed by atoms with Crippen molar-refractivity contribution in [2.45, 2.75) is 52.1 Å². The third-order valence-corrected chi connectivity index (χ3v) is 5.41. The van der Waals surface area contributed by atoms with E-state index in [0.29, 0.717) is 36.6 Å². The minimum Gasteiger partial charge on any atom is -0.465 e. The zero-order valence-corrected chi connectivity index (χ0v) is 17.6. The van der Waals surface area contributed by atoms with Gasteiger partial charge in [0.25, 0.3) is 0 Å². The van der Waals surface area contributed by atoms with Crippen molar-refractivity contribution in [1.82, 2.24) is 4.90 Å². The van der Waals surface area contributed by atoms with Crippen molar-refractivity contribution in [2.75, 3.05) is 20.2 Å². The van der Waals surface area contributed by atoms with E-state index in [2.05, 4.69) is 0 Å². The average molecular weight is 399 g/mol. The number of esters is 1. The average Bonchev–Trinajstić information content (AvgIpc) is 3.00. The second-order valence-corrected chi connectivity index (χ2v) is 8.75. The molecule has 1 aromatic rings. The fraction of sp³-hybridized carbons (Fsp3) is 0.522. The number of hydrogen-bond donors (Lipinski definition) is 0. The Morgan fingerprint density at radius 2 is 1.90 bits per heavy atom. The molecule has 6 nitrogen and oxygen atoms in total. The van der Waals surface area contributed by atoms with Crippen LogP contribution in [-0.4, -0.2) is 48.5 Å². The van der Waals surface area contributed by atoms with Crippen LogP contribution in [0.1, 0.15) is 66.3 Å². The van der Waals surface area contributed by atoms with Gasteiger partial charge in [-0.15, -0.1) is 0 Å². The number of amides is 1. The molecule has 156 valence electrons. The highest BCUT2D eigenvalue weighted by molar-refractivity contribution is 6.14. The molecule has 0 N–H and O–H groups in total. The van der Waals surface area contributed by atoms with E-state index in [1.165, 1.54) is 7.11 Å². The lowest BCUT2D eigenvalue weighted by atomic mass is 9.92. The molecular formula is C23H29NO5. The number of hydrogen-bond acceptors (Lipinski definition) is 5. The molecular weight excluding hydrogens is 370 g/mol. The Balaban J connectivity index is 1.56. The van der Waals surface area contributed by atoms with E-state index in [-0.39, 0.29) is 11.9 Å². The Bertz CT molecular complexity index is 841. The lowest BCUT2D eigenvalue weighted by Gasteiger charge is -2.33. The Labute approximate surface area is 171 Å². The Morgan fingerprint density at radius 1 is 1.21 bits per heavy atom. The minimum absolute atomic E-state index is 0.00283. The number of fused-ring (bicyclic) bond motifs is 1. The second kappa shape index (κ2) is 8.39. The van der Waals surface area contributed by atoms with Crippen molar-refractivity contribution in [3.63, 3.8) is 0 Å². The first kappa shape index (κ1) is 21.1. The van der Waals surface area contributed by atoms with Gasteiger partial charge < -0.3 is 14.4 Å². The summed E-state index contributed by atoms with van der Waals surface area (Å²) < 4.78 is 10.2. The third kappa shape index (κ3) is 5.05. The topological polar surface area (TPSA) is 72.9 Å². The summed E-state index contributed by atoms with van der Waals surface area (Å²) in [4.78, 5) is 38.3. The van der Waals surface area contributed by atoms with E-state index in [9.17, 15) is 14.4 Å². The van der Waals surface area contributed by atoms with Gasteiger partial charge in [0.15, 0.2) is 5.78 Å². The Hall–Kier alpha value is -2.63. The van der Waals surface area contributed by atoms with Gasteiger partial charge in [-0.05, 0) is 63.6 Å². The van der Waals surface area contributed by atoms with Crippen LogP contribution in [0.3, 0.4) is 0 Å². The predicted octanol–water partition coefficient (Wildman–Crippen LogP) is 4.18. The first-order valence-electron chi connectivity index (χ1n) is 10.1. The third-order valence-electron chi connectivity index (χ3n) is 5.41. The number of piperidine rings is 1. The van der Waals surface area contributed by atoms with Crippen molar-refractivity contribution in [1.29, 1.82) is 0 Å². The van der Waals surface area contributed by atoms with Gasteiger partial charge in [0.1, 0.15) is 5.60 Å². The molecule has 0 atom stereocenters. The van der Waals surface area contributed by atoms with Crippen molar-refractivity contribution in [3.05, 3.63) is 46.5 Å². The molecule has 1 aliphatic carbocycles. The molecule has 1 saturated heterocycles. The largest absolute Gasteiger partial charge is 0.465 e. The number of benzene rings is 1. The van der Waals surface area contributed by atoms with Crippen LogP contribution in [0, 0.1) is 5.92 Å². The van der Waals surface area contributed by atoms with E-state index in [0.717, 1.165) is 30.4 Å². The maximum atomic E-state index is 12.7. The Kier molecular flexibility index (Phi) is 6.10. The number of ether oxygens (including phenoxy) is 2. The van der Waals surface area contributed by atoms with Gasteiger partial charge in [0.05, 0.1) is 12.7 Å². The maximum absolute atomic E-state index is 12.7. The minimum atomic E-state index is -0.482. The van der Waals surface area contributed by atoms with Crippen LogP contribution in [0.15, 0.2) is 29.8 Å². The number of allylic oxidation sites excluding steroid dienone is 2. The summed E-state index contributed by atoms with van der Waals surface area (Å²) in [5.74, 6) is 0.00931. The van der Waals surface area contributed by atoms with Gasteiger partial charge in [-0.1, -0.05) is 12.1 Å². The number of carbonyl (C=O) groups is 3. The van der Waals surface area contributed by atoms with Gasteiger partial charge in [0, 0.05) is 30.6 Å². The molecule has 1 heterocycles. The number of nitrogens with zero attached hydrogens (tertiary/aromatic N) is 1. The quantitative estimate of drug-likeness (QED) is 0.563. The summed E-state index contributed by atoms with van der Waals surface area (Å²) in [5.41, 5.74) is 2.25.